The number of carbonyl (C=O) groups is 2. The van der Waals surface area contributed by atoms with Crippen molar-refractivity contribution in [1.29, 1.82) is 0 Å². The average Bonchev–Trinajstić information content (AvgIpc) is 2.67. The van der Waals surface area contributed by atoms with Crippen molar-refractivity contribution in [3.63, 3.8) is 0 Å². The van der Waals surface area contributed by atoms with E-state index in [1.165, 1.54) is 4.68 Å². The summed E-state index contributed by atoms with van der Waals surface area (Å²) >= 11 is 2.03. The van der Waals surface area contributed by atoms with Gasteiger partial charge in [0.25, 0.3) is 0 Å². The van der Waals surface area contributed by atoms with Crippen LogP contribution in [0.5, 0.6) is 0 Å². The first kappa shape index (κ1) is 18.7. The highest BCUT2D eigenvalue weighted by molar-refractivity contribution is 14.1. The Morgan fingerprint density at radius 2 is 2.09 bits per heavy atom. The van der Waals surface area contributed by atoms with Gasteiger partial charge in [0.05, 0.1) is 22.9 Å². The summed E-state index contributed by atoms with van der Waals surface area (Å²) in [5.74, 6) is -0.422. The number of ether oxygens (including phenoxy) is 2. The van der Waals surface area contributed by atoms with E-state index in [-0.39, 0.29) is 6.04 Å². The Hall–Kier alpha value is -1.32. The molecule has 124 valence electrons. The molecule has 0 aromatic carbocycles. The Bertz CT molecular complexity index is 537. The van der Waals surface area contributed by atoms with Gasteiger partial charge in [-0.3, -0.25) is 4.68 Å². The SMILES string of the molecule is CCOC(=O)c1c(I)cnn1CC(C)NC(=O)OC(C)(C)C. The predicted molar refractivity (Wildman–Crippen MR) is 89.7 cm³/mol. The number of hydrogen-bond donors (Lipinski definition) is 1. The summed E-state index contributed by atoms with van der Waals surface area (Å²) in [4.78, 5) is 23.7. The summed E-state index contributed by atoms with van der Waals surface area (Å²) in [5, 5.41) is 6.87. The molecule has 1 atom stereocenters. The van der Waals surface area contributed by atoms with Gasteiger partial charge in [0.1, 0.15) is 5.60 Å². The minimum atomic E-state index is -0.555. The first-order valence-electron chi connectivity index (χ1n) is 7.02. The third-order valence-electron chi connectivity index (χ3n) is 2.47. The van der Waals surface area contributed by atoms with Gasteiger partial charge in [0, 0.05) is 6.04 Å². The Kier molecular flexibility index (Phi) is 6.64. The maximum Gasteiger partial charge on any atom is 0.407 e. The summed E-state index contributed by atoms with van der Waals surface area (Å²) in [5.41, 5.74) is -0.165. The molecular weight excluding hydrogens is 401 g/mol. The van der Waals surface area contributed by atoms with Gasteiger partial charge in [-0.1, -0.05) is 0 Å². The molecule has 8 heteroatoms. The Labute approximate surface area is 143 Å². The van der Waals surface area contributed by atoms with Crippen LogP contribution in [0.3, 0.4) is 0 Å². The van der Waals surface area contributed by atoms with Crippen molar-refractivity contribution in [3.05, 3.63) is 15.5 Å². The van der Waals surface area contributed by atoms with E-state index in [1.807, 2.05) is 29.5 Å². The highest BCUT2D eigenvalue weighted by Gasteiger charge is 2.21. The second-order valence-corrected chi connectivity index (χ2v) is 6.95. The van der Waals surface area contributed by atoms with Crippen LogP contribution in [0, 0.1) is 3.57 Å². The van der Waals surface area contributed by atoms with Gasteiger partial charge < -0.3 is 14.8 Å². The van der Waals surface area contributed by atoms with Gasteiger partial charge >= 0.3 is 12.1 Å². The van der Waals surface area contributed by atoms with Crippen molar-refractivity contribution in [1.82, 2.24) is 15.1 Å². The number of carbonyl (C=O) groups excluding carboxylic acids is 2. The van der Waals surface area contributed by atoms with E-state index in [2.05, 4.69) is 10.4 Å². The lowest BCUT2D eigenvalue weighted by molar-refractivity contribution is 0.0501. The molecule has 0 aliphatic heterocycles. The van der Waals surface area contributed by atoms with E-state index in [0.717, 1.165) is 0 Å². The molecule has 0 bridgehead atoms. The Morgan fingerprint density at radius 3 is 2.64 bits per heavy atom. The van der Waals surface area contributed by atoms with Crippen molar-refractivity contribution in [2.45, 2.75) is 52.8 Å². The van der Waals surface area contributed by atoms with Crippen molar-refractivity contribution in [2.24, 2.45) is 0 Å². The van der Waals surface area contributed by atoms with Crippen molar-refractivity contribution < 1.29 is 19.1 Å². The van der Waals surface area contributed by atoms with Crippen LogP contribution in [-0.4, -0.2) is 40.1 Å². The molecule has 22 heavy (non-hydrogen) atoms. The number of alkyl carbamates (subject to hydrolysis) is 1. The minimum absolute atomic E-state index is 0.251. The quantitative estimate of drug-likeness (QED) is 0.582. The lowest BCUT2D eigenvalue weighted by atomic mass is 10.2. The zero-order chi connectivity index (χ0) is 16.9. The van der Waals surface area contributed by atoms with Crippen LogP contribution in [0.25, 0.3) is 0 Å². The Balaban J connectivity index is 2.71. The number of amides is 1. The topological polar surface area (TPSA) is 82.5 Å². The largest absolute Gasteiger partial charge is 0.461 e. The van der Waals surface area contributed by atoms with E-state index < -0.39 is 17.7 Å². The molecule has 0 aliphatic carbocycles. The van der Waals surface area contributed by atoms with E-state index in [9.17, 15) is 9.59 Å². The number of halogens is 1. The van der Waals surface area contributed by atoms with Gasteiger partial charge in [-0.05, 0) is 57.2 Å². The predicted octanol–water partition coefficient (Wildman–Crippen LogP) is 2.58. The fourth-order valence-corrected chi connectivity index (χ4v) is 2.34. The maximum absolute atomic E-state index is 11.9. The van der Waals surface area contributed by atoms with E-state index in [0.29, 0.717) is 22.4 Å². The molecule has 0 spiro atoms. The first-order chi connectivity index (χ1) is 10.1. The van der Waals surface area contributed by atoms with E-state index in [1.54, 1.807) is 33.9 Å². The number of aromatic nitrogens is 2. The molecule has 0 saturated carbocycles. The van der Waals surface area contributed by atoms with Crippen molar-refractivity contribution in [2.75, 3.05) is 6.61 Å². The van der Waals surface area contributed by atoms with E-state index in [4.69, 9.17) is 9.47 Å². The van der Waals surface area contributed by atoms with Gasteiger partial charge in [-0.2, -0.15) is 5.10 Å². The minimum Gasteiger partial charge on any atom is -0.461 e. The summed E-state index contributed by atoms with van der Waals surface area (Å²) in [6.07, 6.45) is 1.09. The van der Waals surface area contributed by atoms with Crippen LogP contribution >= 0.6 is 22.6 Å². The molecule has 1 aromatic heterocycles. The third kappa shape index (κ3) is 5.82. The molecule has 1 heterocycles. The number of hydrogen-bond acceptors (Lipinski definition) is 5. The summed E-state index contributed by atoms with van der Waals surface area (Å²) in [7, 11) is 0. The molecule has 1 N–H and O–H groups in total. The van der Waals surface area contributed by atoms with Gasteiger partial charge in [0.2, 0.25) is 0 Å². The third-order valence-corrected chi connectivity index (χ3v) is 3.26. The maximum atomic E-state index is 11.9. The van der Waals surface area contributed by atoms with Crippen LogP contribution < -0.4 is 5.32 Å². The normalized spacial score (nSPS) is 12.6. The molecule has 1 rings (SSSR count). The molecule has 0 fully saturated rings. The van der Waals surface area contributed by atoms with Crippen molar-refractivity contribution in [3.8, 4) is 0 Å². The molecule has 1 unspecified atom stereocenters. The fraction of sp³-hybridized carbons (Fsp3) is 0.643. The van der Waals surface area contributed by atoms with Crippen LogP contribution in [0.2, 0.25) is 0 Å². The molecule has 0 radical (unpaired) electrons. The van der Waals surface area contributed by atoms with Gasteiger partial charge in [0.15, 0.2) is 5.69 Å². The zero-order valence-electron chi connectivity index (χ0n) is 13.5. The summed E-state index contributed by atoms with van der Waals surface area (Å²) < 4.78 is 12.5. The monoisotopic (exact) mass is 423 g/mol. The number of nitrogens with zero attached hydrogens (tertiary/aromatic N) is 2. The number of esters is 1. The lowest BCUT2D eigenvalue weighted by Crippen LogP contribution is -2.40. The molecule has 0 saturated heterocycles. The molecular formula is C14H22IN3O4. The van der Waals surface area contributed by atoms with Crippen molar-refractivity contribution >= 4 is 34.7 Å². The highest BCUT2D eigenvalue weighted by Crippen LogP contribution is 2.14. The second kappa shape index (κ2) is 7.80. The van der Waals surface area contributed by atoms with Crippen LogP contribution in [0.15, 0.2) is 6.20 Å². The van der Waals surface area contributed by atoms with Gasteiger partial charge in [-0.15, -0.1) is 0 Å². The molecule has 1 amide bonds. The first-order valence-corrected chi connectivity index (χ1v) is 8.10. The average molecular weight is 423 g/mol. The van der Waals surface area contributed by atoms with Crippen LogP contribution in [0.1, 0.15) is 45.1 Å². The second-order valence-electron chi connectivity index (χ2n) is 5.79. The standard InChI is InChI=1S/C14H22IN3O4/c1-6-21-12(19)11-10(15)7-16-18(11)8-9(2)17-13(20)22-14(3,4)5/h7,9H,6,8H2,1-5H3,(H,17,20). The fourth-order valence-electron chi connectivity index (χ4n) is 1.72. The Morgan fingerprint density at radius 1 is 1.45 bits per heavy atom. The number of rotatable bonds is 5. The molecule has 7 nitrogen and oxygen atoms in total. The summed E-state index contributed by atoms with van der Waals surface area (Å²) in [6.45, 7) is 9.59. The molecule has 1 aromatic rings. The van der Waals surface area contributed by atoms with Crippen LogP contribution in [-0.2, 0) is 16.0 Å². The highest BCUT2D eigenvalue weighted by atomic mass is 127. The summed E-state index contributed by atoms with van der Waals surface area (Å²) in [6, 6.07) is -0.251. The zero-order valence-corrected chi connectivity index (χ0v) is 15.6. The van der Waals surface area contributed by atoms with Crippen LogP contribution in [0.4, 0.5) is 4.79 Å². The number of nitrogens with one attached hydrogen (secondary N) is 1. The van der Waals surface area contributed by atoms with E-state index >= 15 is 0 Å². The lowest BCUT2D eigenvalue weighted by Gasteiger charge is -2.22. The van der Waals surface area contributed by atoms with Gasteiger partial charge in [-0.25, -0.2) is 9.59 Å². The molecule has 0 aliphatic rings. The smallest absolute Gasteiger partial charge is 0.407 e.